The standard InChI is InChI=1S/C16H22ClNO2/c1-12(15(19)13-6-5-7-14(17)10-13)18(2)11-16(20)8-3-4-9-16/h5-7,10,12,20H,3-4,8-9,11H2,1-2H3. The molecule has 0 spiro atoms. The van der Waals surface area contributed by atoms with Crippen molar-refractivity contribution in [2.45, 2.75) is 44.2 Å². The van der Waals surface area contributed by atoms with Crippen LogP contribution in [0.25, 0.3) is 0 Å². The summed E-state index contributed by atoms with van der Waals surface area (Å²) in [6, 6.07) is 6.75. The zero-order valence-corrected chi connectivity index (χ0v) is 12.9. The molecule has 0 saturated heterocycles. The lowest BCUT2D eigenvalue weighted by Gasteiger charge is -2.32. The van der Waals surface area contributed by atoms with Crippen molar-refractivity contribution in [3.63, 3.8) is 0 Å². The van der Waals surface area contributed by atoms with Gasteiger partial charge in [0.15, 0.2) is 5.78 Å². The van der Waals surface area contributed by atoms with Gasteiger partial charge in [0.05, 0.1) is 11.6 Å². The van der Waals surface area contributed by atoms with E-state index in [4.69, 9.17) is 11.6 Å². The molecule has 1 aromatic rings. The van der Waals surface area contributed by atoms with E-state index in [1.54, 1.807) is 24.3 Å². The normalized spacial score (nSPS) is 19.2. The highest BCUT2D eigenvalue weighted by Gasteiger charge is 2.34. The summed E-state index contributed by atoms with van der Waals surface area (Å²) in [6.45, 7) is 2.42. The number of aliphatic hydroxyl groups is 1. The lowest BCUT2D eigenvalue weighted by molar-refractivity contribution is 0.00856. The SMILES string of the molecule is CC(C(=O)c1cccc(Cl)c1)N(C)CC1(O)CCCC1. The molecular weight excluding hydrogens is 274 g/mol. The van der Waals surface area contributed by atoms with Crippen LogP contribution in [0.3, 0.4) is 0 Å². The number of likely N-dealkylation sites (N-methyl/N-ethyl adjacent to an activating group) is 1. The van der Waals surface area contributed by atoms with E-state index in [-0.39, 0.29) is 11.8 Å². The molecule has 0 aromatic heterocycles. The molecule has 1 aromatic carbocycles. The number of Topliss-reactive ketones (excluding diaryl/α,β-unsaturated/α-hetero) is 1. The molecule has 0 amide bonds. The minimum Gasteiger partial charge on any atom is -0.389 e. The van der Waals surface area contributed by atoms with Crippen molar-refractivity contribution >= 4 is 17.4 Å². The van der Waals surface area contributed by atoms with E-state index >= 15 is 0 Å². The third-order valence-corrected chi connectivity index (χ3v) is 4.46. The molecule has 1 unspecified atom stereocenters. The fraction of sp³-hybridized carbons (Fsp3) is 0.562. The van der Waals surface area contributed by atoms with Gasteiger partial charge in [-0.25, -0.2) is 0 Å². The molecule has 0 aliphatic heterocycles. The van der Waals surface area contributed by atoms with E-state index in [2.05, 4.69) is 0 Å². The second-order valence-corrected chi connectivity index (χ2v) is 6.33. The van der Waals surface area contributed by atoms with Gasteiger partial charge in [-0.05, 0) is 38.9 Å². The number of carbonyl (C=O) groups is 1. The molecular formula is C16H22ClNO2. The Bertz CT molecular complexity index is 483. The lowest BCUT2D eigenvalue weighted by atomic mass is 9.99. The van der Waals surface area contributed by atoms with E-state index in [0.717, 1.165) is 25.7 Å². The van der Waals surface area contributed by atoms with Crippen LogP contribution in [-0.4, -0.2) is 41.0 Å². The van der Waals surface area contributed by atoms with Gasteiger partial charge in [0.2, 0.25) is 0 Å². The average molecular weight is 296 g/mol. The van der Waals surface area contributed by atoms with Gasteiger partial charge in [0, 0.05) is 17.1 Å². The van der Waals surface area contributed by atoms with Crippen molar-refractivity contribution < 1.29 is 9.90 Å². The maximum atomic E-state index is 12.4. The topological polar surface area (TPSA) is 40.5 Å². The number of halogens is 1. The Morgan fingerprint density at radius 3 is 2.70 bits per heavy atom. The number of rotatable bonds is 5. The molecule has 20 heavy (non-hydrogen) atoms. The van der Waals surface area contributed by atoms with Crippen LogP contribution in [0.4, 0.5) is 0 Å². The molecule has 3 nitrogen and oxygen atoms in total. The molecule has 1 fully saturated rings. The van der Waals surface area contributed by atoms with Crippen LogP contribution >= 0.6 is 11.6 Å². The van der Waals surface area contributed by atoms with Crippen molar-refractivity contribution in [3.05, 3.63) is 34.9 Å². The van der Waals surface area contributed by atoms with Crippen LogP contribution in [0.5, 0.6) is 0 Å². The van der Waals surface area contributed by atoms with Gasteiger partial charge in [-0.3, -0.25) is 9.69 Å². The predicted octanol–water partition coefficient (Wildman–Crippen LogP) is 3.15. The van der Waals surface area contributed by atoms with Crippen LogP contribution in [-0.2, 0) is 0 Å². The molecule has 0 radical (unpaired) electrons. The first-order chi connectivity index (χ1) is 9.41. The Balaban J connectivity index is 2.02. The Hall–Kier alpha value is -0.900. The highest BCUT2D eigenvalue weighted by Crippen LogP contribution is 2.30. The van der Waals surface area contributed by atoms with Crippen molar-refractivity contribution in [1.82, 2.24) is 4.90 Å². The van der Waals surface area contributed by atoms with Crippen LogP contribution in [0.2, 0.25) is 5.02 Å². The first kappa shape index (κ1) is 15.5. The van der Waals surface area contributed by atoms with Crippen LogP contribution < -0.4 is 0 Å². The van der Waals surface area contributed by atoms with Crippen LogP contribution in [0, 0.1) is 0 Å². The zero-order chi connectivity index (χ0) is 14.8. The molecule has 0 heterocycles. The van der Waals surface area contributed by atoms with Gasteiger partial charge in [0.1, 0.15) is 0 Å². The summed E-state index contributed by atoms with van der Waals surface area (Å²) >= 11 is 5.93. The highest BCUT2D eigenvalue weighted by atomic mass is 35.5. The van der Waals surface area contributed by atoms with Crippen molar-refractivity contribution in [3.8, 4) is 0 Å². The first-order valence-electron chi connectivity index (χ1n) is 7.14. The Morgan fingerprint density at radius 2 is 2.10 bits per heavy atom. The van der Waals surface area contributed by atoms with E-state index in [1.807, 2.05) is 18.9 Å². The second-order valence-electron chi connectivity index (χ2n) is 5.90. The number of hydrogen-bond donors (Lipinski definition) is 1. The minimum atomic E-state index is -0.627. The molecule has 2 rings (SSSR count). The van der Waals surface area contributed by atoms with Crippen LogP contribution in [0.1, 0.15) is 43.0 Å². The Morgan fingerprint density at radius 1 is 1.45 bits per heavy atom. The Labute approximate surface area is 125 Å². The Kier molecular flexibility index (Phi) is 4.84. The van der Waals surface area contributed by atoms with E-state index < -0.39 is 5.60 Å². The second kappa shape index (κ2) is 6.25. The van der Waals surface area contributed by atoms with Gasteiger partial charge >= 0.3 is 0 Å². The lowest BCUT2D eigenvalue weighted by Crippen LogP contribution is -2.45. The number of carbonyl (C=O) groups excluding carboxylic acids is 1. The molecule has 1 N–H and O–H groups in total. The predicted molar refractivity (Wildman–Crippen MR) is 81.3 cm³/mol. The van der Waals surface area contributed by atoms with E-state index in [9.17, 15) is 9.90 Å². The summed E-state index contributed by atoms with van der Waals surface area (Å²) in [5.41, 5.74) is -0.00675. The zero-order valence-electron chi connectivity index (χ0n) is 12.1. The third kappa shape index (κ3) is 3.60. The maximum Gasteiger partial charge on any atom is 0.179 e. The van der Waals surface area contributed by atoms with Gasteiger partial charge in [-0.1, -0.05) is 36.6 Å². The fourth-order valence-corrected chi connectivity index (χ4v) is 3.07. The third-order valence-electron chi connectivity index (χ3n) is 4.23. The van der Waals surface area contributed by atoms with Gasteiger partial charge in [0.25, 0.3) is 0 Å². The van der Waals surface area contributed by atoms with Crippen LogP contribution in [0.15, 0.2) is 24.3 Å². The summed E-state index contributed by atoms with van der Waals surface area (Å²) in [5.74, 6) is 0.0385. The van der Waals surface area contributed by atoms with Gasteiger partial charge in [-0.2, -0.15) is 0 Å². The number of nitrogens with zero attached hydrogens (tertiary/aromatic N) is 1. The van der Waals surface area contributed by atoms with Gasteiger partial charge in [-0.15, -0.1) is 0 Å². The monoisotopic (exact) mass is 295 g/mol. The molecule has 1 aliphatic carbocycles. The van der Waals surface area contributed by atoms with Gasteiger partial charge < -0.3 is 5.11 Å². The molecule has 110 valence electrons. The summed E-state index contributed by atoms with van der Waals surface area (Å²) in [4.78, 5) is 14.4. The minimum absolute atomic E-state index is 0.0385. The summed E-state index contributed by atoms with van der Waals surface area (Å²) in [7, 11) is 1.89. The molecule has 1 atom stereocenters. The summed E-state index contributed by atoms with van der Waals surface area (Å²) in [5, 5.41) is 11.0. The number of hydrogen-bond acceptors (Lipinski definition) is 3. The molecule has 1 saturated carbocycles. The molecule has 0 bridgehead atoms. The average Bonchev–Trinajstić information content (AvgIpc) is 2.83. The van der Waals surface area contributed by atoms with E-state index in [1.165, 1.54) is 0 Å². The first-order valence-corrected chi connectivity index (χ1v) is 7.51. The highest BCUT2D eigenvalue weighted by molar-refractivity contribution is 6.31. The maximum absolute atomic E-state index is 12.4. The smallest absolute Gasteiger partial charge is 0.179 e. The quantitative estimate of drug-likeness (QED) is 0.848. The summed E-state index contributed by atoms with van der Waals surface area (Å²) < 4.78 is 0. The van der Waals surface area contributed by atoms with Crippen molar-refractivity contribution in [1.29, 1.82) is 0 Å². The fourth-order valence-electron chi connectivity index (χ4n) is 2.88. The van der Waals surface area contributed by atoms with Crippen molar-refractivity contribution in [2.75, 3.05) is 13.6 Å². The van der Waals surface area contributed by atoms with E-state index in [0.29, 0.717) is 17.1 Å². The molecule has 1 aliphatic rings. The summed E-state index contributed by atoms with van der Waals surface area (Å²) in [6.07, 6.45) is 3.80. The number of benzene rings is 1. The largest absolute Gasteiger partial charge is 0.389 e. The molecule has 4 heteroatoms. The van der Waals surface area contributed by atoms with Crippen molar-refractivity contribution in [2.24, 2.45) is 0 Å². The number of ketones is 1.